The van der Waals surface area contributed by atoms with Gasteiger partial charge in [-0.3, -0.25) is 39.1 Å². The molecule has 1 saturated heterocycles. The molecule has 15 heteroatoms. The quantitative estimate of drug-likeness (QED) is 0.302. The smallest absolute Gasteiger partial charge is 0.272 e. The van der Waals surface area contributed by atoms with Crippen molar-refractivity contribution in [2.75, 3.05) is 0 Å². The molecule has 2 saturated carbocycles. The largest absolute Gasteiger partial charge is 0.489 e. The number of halogens is 1. The molecule has 5 aliphatic rings. The highest BCUT2D eigenvalue weighted by atomic mass is 35.5. The van der Waals surface area contributed by atoms with Crippen LogP contribution in [-0.4, -0.2) is 79.9 Å². The second-order valence-corrected chi connectivity index (χ2v) is 17.0. The summed E-state index contributed by atoms with van der Waals surface area (Å²) in [5, 5.41) is 23.3. The van der Waals surface area contributed by atoms with E-state index in [1.54, 1.807) is 42.5 Å². The van der Waals surface area contributed by atoms with E-state index in [-0.39, 0.29) is 42.7 Å². The van der Waals surface area contributed by atoms with Crippen molar-refractivity contribution in [3.63, 3.8) is 0 Å². The molecular formula is C41H42ClN7O7. The van der Waals surface area contributed by atoms with Crippen LogP contribution in [0.1, 0.15) is 114 Å². The summed E-state index contributed by atoms with van der Waals surface area (Å²) < 4.78 is 12.5. The Morgan fingerprint density at radius 1 is 0.893 bits per heavy atom. The summed E-state index contributed by atoms with van der Waals surface area (Å²) in [5.74, 6) is -1.43. The molecule has 3 fully saturated rings. The van der Waals surface area contributed by atoms with Crippen LogP contribution in [-0.2, 0) is 22.7 Å². The topological polar surface area (TPSA) is 184 Å². The predicted octanol–water partition coefficient (Wildman–Crippen LogP) is 4.72. The number of imide groups is 2. The number of nitrogens with zero attached hydrogens (tertiary/aromatic N) is 5. The molecule has 2 aromatic carbocycles. The number of hydrogen-bond acceptors (Lipinski definition) is 11. The fourth-order valence-corrected chi connectivity index (χ4v) is 9.87. The SMILES string of the molecule is CC1(C)C(NC(=O)c2ccc(OC3CCC(N4Cc5cc6c(cc5C4)C(=O)N(C4CCC(=O)NC4=O)C6=O)CC3)nn2)C(C)(C)C1Oc1ccc(C#N)c(Cl)c1. The molecule has 0 radical (unpaired) electrons. The van der Waals surface area contributed by atoms with Gasteiger partial charge in [-0.1, -0.05) is 39.3 Å². The first-order valence-electron chi connectivity index (χ1n) is 18.9. The lowest BCUT2D eigenvalue weighted by Gasteiger charge is -2.63. The molecule has 0 bridgehead atoms. The predicted molar refractivity (Wildman–Crippen MR) is 200 cm³/mol. The van der Waals surface area contributed by atoms with Gasteiger partial charge in [0, 0.05) is 54.6 Å². The molecule has 0 spiro atoms. The van der Waals surface area contributed by atoms with Crippen molar-refractivity contribution in [3.8, 4) is 17.7 Å². The van der Waals surface area contributed by atoms with E-state index in [9.17, 15) is 29.2 Å². The summed E-state index contributed by atoms with van der Waals surface area (Å²) in [5.41, 5.74) is 2.32. The van der Waals surface area contributed by atoms with Gasteiger partial charge in [-0.25, -0.2) is 0 Å². The normalized spacial score (nSPS) is 26.4. The zero-order chi connectivity index (χ0) is 39.7. The van der Waals surface area contributed by atoms with E-state index in [1.165, 1.54) is 0 Å². The molecular weight excluding hydrogens is 738 g/mol. The molecule has 5 amide bonds. The van der Waals surface area contributed by atoms with E-state index in [1.807, 2.05) is 27.7 Å². The van der Waals surface area contributed by atoms with Gasteiger partial charge in [0.05, 0.1) is 21.7 Å². The van der Waals surface area contributed by atoms with Gasteiger partial charge in [-0.05, 0) is 73.6 Å². The Bertz CT molecular complexity index is 2150. The number of aromatic nitrogens is 2. The van der Waals surface area contributed by atoms with Crippen LogP contribution in [0.25, 0.3) is 0 Å². The number of fused-ring (bicyclic) bond motifs is 2. The Kier molecular flexibility index (Phi) is 9.36. The second-order valence-electron chi connectivity index (χ2n) is 16.6. The lowest BCUT2D eigenvalue weighted by molar-refractivity contribution is -0.164. The number of hydrogen-bond donors (Lipinski definition) is 2. The molecule has 290 valence electrons. The van der Waals surface area contributed by atoms with Crippen molar-refractivity contribution in [2.45, 2.75) is 110 Å². The first-order chi connectivity index (χ1) is 26.6. The van der Waals surface area contributed by atoms with Crippen molar-refractivity contribution >= 4 is 41.1 Å². The Labute approximate surface area is 328 Å². The van der Waals surface area contributed by atoms with Crippen molar-refractivity contribution in [1.29, 1.82) is 5.26 Å². The minimum absolute atomic E-state index is 0.0537. The molecule has 3 aliphatic heterocycles. The Morgan fingerprint density at radius 3 is 2.12 bits per heavy atom. The maximum Gasteiger partial charge on any atom is 0.272 e. The zero-order valence-corrected chi connectivity index (χ0v) is 32.3. The molecule has 2 N–H and O–H groups in total. The maximum atomic E-state index is 13.3. The van der Waals surface area contributed by atoms with E-state index < -0.39 is 40.5 Å². The lowest BCUT2D eigenvalue weighted by Crippen LogP contribution is -2.74. The third kappa shape index (κ3) is 6.46. The number of nitriles is 1. The van der Waals surface area contributed by atoms with E-state index in [0.29, 0.717) is 52.5 Å². The summed E-state index contributed by atoms with van der Waals surface area (Å²) in [6.45, 7) is 9.46. The van der Waals surface area contributed by atoms with E-state index in [0.717, 1.165) is 41.7 Å². The van der Waals surface area contributed by atoms with Crippen LogP contribution < -0.4 is 20.1 Å². The van der Waals surface area contributed by atoms with Crippen molar-refractivity contribution in [1.82, 2.24) is 30.6 Å². The van der Waals surface area contributed by atoms with Crippen LogP contribution >= 0.6 is 11.6 Å². The van der Waals surface area contributed by atoms with E-state index in [2.05, 4.69) is 31.8 Å². The summed E-state index contributed by atoms with van der Waals surface area (Å²) in [7, 11) is 0. The number of carbonyl (C=O) groups is 5. The fraction of sp³-hybridized carbons (Fsp3) is 0.463. The first-order valence-corrected chi connectivity index (χ1v) is 19.3. The van der Waals surface area contributed by atoms with E-state index >= 15 is 0 Å². The standard InChI is InChI=1S/C41H42ClN7O7/c1-40(2)38(41(3,4)39(40)56-26-8-5-21(18-43)29(42)17-26)45-34(51)30-11-14-33(47-46-30)55-25-9-6-24(7-10-25)48-19-22-15-27-28(16-23(22)20-48)37(54)49(36(27)53)31-12-13-32(50)44-35(31)52/h5,8,11,14-17,24-25,31,38-39H,6-7,9-10,12-13,19-20H2,1-4H3,(H,45,51)(H,44,50,52). The van der Waals surface area contributed by atoms with Crippen LogP contribution in [0, 0.1) is 22.2 Å². The first kappa shape index (κ1) is 37.5. The fourth-order valence-electron chi connectivity index (χ4n) is 9.66. The van der Waals surface area contributed by atoms with Gasteiger partial charge < -0.3 is 14.8 Å². The van der Waals surface area contributed by atoms with Gasteiger partial charge in [-0.2, -0.15) is 5.26 Å². The maximum absolute atomic E-state index is 13.3. The summed E-state index contributed by atoms with van der Waals surface area (Å²) >= 11 is 6.22. The van der Waals surface area contributed by atoms with Crippen molar-refractivity contribution < 1.29 is 33.4 Å². The molecule has 8 rings (SSSR count). The van der Waals surface area contributed by atoms with Crippen molar-refractivity contribution in [3.05, 3.63) is 81.0 Å². The number of piperidine rings is 1. The zero-order valence-electron chi connectivity index (χ0n) is 31.6. The summed E-state index contributed by atoms with van der Waals surface area (Å²) in [6.07, 6.45) is 3.31. The Morgan fingerprint density at radius 2 is 1.55 bits per heavy atom. The number of nitrogens with one attached hydrogen (secondary N) is 2. The third-order valence-electron chi connectivity index (χ3n) is 12.3. The molecule has 14 nitrogen and oxygen atoms in total. The molecule has 56 heavy (non-hydrogen) atoms. The van der Waals surface area contributed by atoms with Gasteiger partial charge in [0.25, 0.3) is 17.7 Å². The monoisotopic (exact) mass is 779 g/mol. The van der Waals surface area contributed by atoms with Crippen LogP contribution in [0.3, 0.4) is 0 Å². The minimum Gasteiger partial charge on any atom is -0.489 e. The van der Waals surface area contributed by atoms with Crippen LogP contribution in [0.2, 0.25) is 5.02 Å². The molecule has 1 aromatic heterocycles. The van der Waals surface area contributed by atoms with Crippen LogP contribution in [0.5, 0.6) is 11.6 Å². The molecule has 1 unspecified atom stereocenters. The number of carbonyl (C=O) groups excluding carboxylic acids is 5. The summed E-state index contributed by atoms with van der Waals surface area (Å²) in [4.78, 5) is 67.4. The molecule has 2 aliphatic carbocycles. The average molecular weight is 780 g/mol. The van der Waals surface area contributed by atoms with E-state index in [4.69, 9.17) is 21.1 Å². The Balaban J connectivity index is 0.821. The molecule has 3 aromatic rings. The second kappa shape index (κ2) is 14.0. The molecule has 1 atom stereocenters. The van der Waals surface area contributed by atoms with Gasteiger partial charge >= 0.3 is 0 Å². The highest BCUT2D eigenvalue weighted by Gasteiger charge is 2.64. The number of benzene rings is 2. The summed E-state index contributed by atoms with van der Waals surface area (Å²) in [6, 6.07) is 13.0. The van der Waals surface area contributed by atoms with Crippen LogP contribution in [0.4, 0.5) is 0 Å². The third-order valence-corrected chi connectivity index (χ3v) is 12.6. The minimum atomic E-state index is -0.983. The van der Waals surface area contributed by atoms with Gasteiger partial charge in [0.2, 0.25) is 17.7 Å². The van der Waals surface area contributed by atoms with Gasteiger partial charge in [0.1, 0.15) is 30.1 Å². The highest BCUT2D eigenvalue weighted by Crippen LogP contribution is 2.55. The molecule has 4 heterocycles. The highest BCUT2D eigenvalue weighted by molar-refractivity contribution is 6.31. The number of ether oxygens (including phenoxy) is 2. The average Bonchev–Trinajstić information content (AvgIpc) is 3.69. The van der Waals surface area contributed by atoms with Crippen molar-refractivity contribution in [2.24, 2.45) is 10.8 Å². The number of amides is 5. The van der Waals surface area contributed by atoms with Gasteiger partial charge in [0.15, 0.2) is 5.69 Å². The van der Waals surface area contributed by atoms with Gasteiger partial charge in [-0.15, -0.1) is 10.2 Å². The number of rotatable bonds is 8. The lowest BCUT2D eigenvalue weighted by atomic mass is 9.49. The van der Waals surface area contributed by atoms with Crippen LogP contribution in [0.15, 0.2) is 42.5 Å². The Hall–Kier alpha value is -5.39.